The zero-order chi connectivity index (χ0) is 17.1. The molecule has 2 aromatic carbocycles. The maximum Gasteiger partial charge on any atom is 0.0599 e. The number of hydrogen-bond donors (Lipinski definition) is 0. The van der Waals surface area contributed by atoms with Gasteiger partial charge in [0.1, 0.15) is 0 Å². The van der Waals surface area contributed by atoms with Gasteiger partial charge in [-0.05, 0) is 44.9 Å². The Bertz CT molecular complexity index is 777. The standard InChI is InChI=1S/C22H28N2O/c1-2-25-18-12-16-23(17-13-18)14-7-15-24-21-10-5-3-8-19(21)20-9-4-6-11-22(20)24/h3-6,8-11,18H,2,7,12-17H2,1H3. The van der Waals surface area contributed by atoms with E-state index >= 15 is 0 Å². The molecule has 4 rings (SSSR count). The molecule has 3 aromatic rings. The maximum absolute atomic E-state index is 5.76. The zero-order valence-corrected chi connectivity index (χ0v) is 15.2. The van der Waals surface area contributed by atoms with Crippen molar-refractivity contribution in [3.63, 3.8) is 0 Å². The number of aromatic nitrogens is 1. The normalized spacial score (nSPS) is 16.8. The van der Waals surface area contributed by atoms with Gasteiger partial charge in [-0.1, -0.05) is 36.4 Å². The summed E-state index contributed by atoms with van der Waals surface area (Å²) < 4.78 is 8.26. The average Bonchev–Trinajstić information content (AvgIpc) is 2.98. The predicted molar refractivity (Wildman–Crippen MR) is 105 cm³/mol. The lowest BCUT2D eigenvalue weighted by atomic mass is 10.1. The fourth-order valence-corrected chi connectivity index (χ4v) is 4.23. The fourth-order valence-electron chi connectivity index (χ4n) is 4.23. The molecule has 3 nitrogen and oxygen atoms in total. The Kier molecular flexibility index (Phi) is 5.04. The van der Waals surface area contributed by atoms with E-state index in [-0.39, 0.29) is 0 Å². The molecule has 1 aliphatic heterocycles. The van der Waals surface area contributed by atoms with Gasteiger partial charge in [-0.2, -0.15) is 0 Å². The largest absolute Gasteiger partial charge is 0.378 e. The van der Waals surface area contributed by atoms with Crippen LogP contribution in [0.15, 0.2) is 48.5 Å². The van der Waals surface area contributed by atoms with Crippen molar-refractivity contribution in [2.24, 2.45) is 0 Å². The smallest absolute Gasteiger partial charge is 0.0599 e. The minimum atomic E-state index is 0.485. The van der Waals surface area contributed by atoms with Gasteiger partial charge >= 0.3 is 0 Å². The summed E-state index contributed by atoms with van der Waals surface area (Å²) in [5.41, 5.74) is 2.72. The van der Waals surface area contributed by atoms with Gasteiger partial charge in [-0.3, -0.25) is 0 Å². The molecule has 2 heterocycles. The molecule has 0 bridgehead atoms. The number of para-hydroxylation sites is 2. The summed E-state index contributed by atoms with van der Waals surface area (Å²) in [4.78, 5) is 2.60. The van der Waals surface area contributed by atoms with E-state index < -0.39 is 0 Å². The van der Waals surface area contributed by atoms with Crippen LogP contribution in [0.4, 0.5) is 0 Å². The molecular weight excluding hydrogens is 308 g/mol. The van der Waals surface area contributed by atoms with Crippen molar-refractivity contribution >= 4 is 21.8 Å². The predicted octanol–water partition coefficient (Wildman–Crippen LogP) is 4.69. The maximum atomic E-state index is 5.76. The second-order valence-electron chi connectivity index (χ2n) is 7.04. The van der Waals surface area contributed by atoms with Crippen LogP contribution in [0.25, 0.3) is 21.8 Å². The van der Waals surface area contributed by atoms with E-state index in [0.29, 0.717) is 6.10 Å². The molecule has 1 saturated heterocycles. The van der Waals surface area contributed by atoms with Crippen molar-refractivity contribution in [3.8, 4) is 0 Å². The average molecular weight is 336 g/mol. The summed E-state index contributed by atoms with van der Waals surface area (Å²) >= 11 is 0. The van der Waals surface area contributed by atoms with E-state index in [9.17, 15) is 0 Å². The molecule has 0 unspecified atom stereocenters. The van der Waals surface area contributed by atoms with Crippen LogP contribution < -0.4 is 0 Å². The molecule has 25 heavy (non-hydrogen) atoms. The van der Waals surface area contributed by atoms with Gasteiger partial charge in [0.05, 0.1) is 6.10 Å². The molecule has 0 aliphatic carbocycles. The summed E-state index contributed by atoms with van der Waals surface area (Å²) in [6, 6.07) is 17.6. The second-order valence-corrected chi connectivity index (χ2v) is 7.04. The molecule has 0 atom stereocenters. The number of likely N-dealkylation sites (tertiary alicyclic amines) is 1. The minimum Gasteiger partial charge on any atom is -0.378 e. The van der Waals surface area contributed by atoms with Crippen molar-refractivity contribution in [2.45, 2.75) is 38.8 Å². The van der Waals surface area contributed by atoms with Crippen LogP contribution in [-0.2, 0) is 11.3 Å². The van der Waals surface area contributed by atoms with Crippen molar-refractivity contribution in [1.29, 1.82) is 0 Å². The first-order chi connectivity index (χ1) is 12.4. The van der Waals surface area contributed by atoms with Crippen LogP contribution in [0, 0.1) is 0 Å². The Labute approximate surface area is 150 Å². The lowest BCUT2D eigenvalue weighted by molar-refractivity contribution is 0.0139. The first-order valence-electron chi connectivity index (χ1n) is 9.66. The Hall–Kier alpha value is -1.84. The van der Waals surface area contributed by atoms with Gasteiger partial charge < -0.3 is 14.2 Å². The quantitative estimate of drug-likeness (QED) is 0.650. The summed E-state index contributed by atoms with van der Waals surface area (Å²) in [6.07, 6.45) is 4.05. The minimum absolute atomic E-state index is 0.485. The molecule has 0 amide bonds. The molecule has 0 spiro atoms. The topological polar surface area (TPSA) is 17.4 Å². The molecule has 3 heteroatoms. The first kappa shape index (κ1) is 16.6. The van der Waals surface area contributed by atoms with Crippen LogP contribution in [0.1, 0.15) is 26.2 Å². The van der Waals surface area contributed by atoms with Gasteiger partial charge in [0, 0.05) is 48.0 Å². The van der Waals surface area contributed by atoms with Gasteiger partial charge in [0.15, 0.2) is 0 Å². The number of ether oxygens (including phenoxy) is 1. The SMILES string of the molecule is CCOC1CCN(CCCn2c3ccccc3c3ccccc32)CC1. The molecule has 132 valence electrons. The summed E-state index contributed by atoms with van der Waals surface area (Å²) in [5.74, 6) is 0. The van der Waals surface area contributed by atoms with Gasteiger partial charge in [-0.15, -0.1) is 0 Å². The van der Waals surface area contributed by atoms with Crippen molar-refractivity contribution in [1.82, 2.24) is 9.47 Å². The highest BCUT2D eigenvalue weighted by molar-refractivity contribution is 6.07. The molecule has 0 radical (unpaired) electrons. The number of piperidine rings is 1. The summed E-state index contributed by atoms with van der Waals surface area (Å²) in [7, 11) is 0. The fraction of sp³-hybridized carbons (Fsp3) is 0.455. The Morgan fingerprint density at radius 2 is 1.48 bits per heavy atom. The number of nitrogens with zero attached hydrogens (tertiary/aromatic N) is 2. The van der Waals surface area contributed by atoms with Crippen LogP contribution in [0.5, 0.6) is 0 Å². The summed E-state index contributed by atoms with van der Waals surface area (Å²) in [6.45, 7) is 7.56. The Morgan fingerprint density at radius 1 is 0.880 bits per heavy atom. The van der Waals surface area contributed by atoms with E-state index in [1.165, 1.54) is 60.7 Å². The van der Waals surface area contributed by atoms with Crippen molar-refractivity contribution < 1.29 is 4.74 Å². The molecule has 0 saturated carbocycles. The monoisotopic (exact) mass is 336 g/mol. The van der Waals surface area contributed by atoms with Gasteiger partial charge in [0.25, 0.3) is 0 Å². The Morgan fingerprint density at radius 3 is 2.08 bits per heavy atom. The number of rotatable bonds is 6. The number of benzene rings is 2. The number of fused-ring (bicyclic) bond motifs is 3. The molecule has 1 fully saturated rings. The highest BCUT2D eigenvalue weighted by Crippen LogP contribution is 2.28. The third kappa shape index (κ3) is 3.44. The van der Waals surface area contributed by atoms with Gasteiger partial charge in [-0.25, -0.2) is 0 Å². The summed E-state index contributed by atoms with van der Waals surface area (Å²) in [5, 5.41) is 2.74. The van der Waals surface area contributed by atoms with Gasteiger partial charge in [0.2, 0.25) is 0 Å². The molecular formula is C22H28N2O. The van der Waals surface area contributed by atoms with E-state index in [1.807, 2.05) is 0 Å². The molecule has 0 N–H and O–H groups in total. The van der Waals surface area contributed by atoms with Crippen LogP contribution >= 0.6 is 0 Å². The van der Waals surface area contributed by atoms with Crippen LogP contribution in [0.3, 0.4) is 0 Å². The van der Waals surface area contributed by atoms with Crippen molar-refractivity contribution in [2.75, 3.05) is 26.2 Å². The number of aryl methyl sites for hydroxylation is 1. The van der Waals surface area contributed by atoms with E-state index in [2.05, 4.69) is 64.9 Å². The van der Waals surface area contributed by atoms with Crippen LogP contribution in [-0.4, -0.2) is 41.8 Å². The third-order valence-electron chi connectivity index (χ3n) is 5.47. The molecule has 1 aliphatic rings. The third-order valence-corrected chi connectivity index (χ3v) is 5.47. The number of hydrogen-bond acceptors (Lipinski definition) is 2. The van der Waals surface area contributed by atoms with Crippen LogP contribution in [0.2, 0.25) is 0 Å². The highest BCUT2D eigenvalue weighted by atomic mass is 16.5. The van der Waals surface area contributed by atoms with E-state index in [1.54, 1.807) is 0 Å². The highest BCUT2D eigenvalue weighted by Gasteiger charge is 2.19. The lowest BCUT2D eigenvalue weighted by Gasteiger charge is -2.31. The Balaban J connectivity index is 1.43. The van der Waals surface area contributed by atoms with E-state index in [4.69, 9.17) is 4.74 Å². The van der Waals surface area contributed by atoms with Crippen molar-refractivity contribution in [3.05, 3.63) is 48.5 Å². The van der Waals surface area contributed by atoms with E-state index in [0.717, 1.165) is 13.2 Å². The zero-order valence-electron chi connectivity index (χ0n) is 15.2. The first-order valence-corrected chi connectivity index (χ1v) is 9.66. The lowest BCUT2D eigenvalue weighted by Crippen LogP contribution is -2.37. The second kappa shape index (κ2) is 7.59. The molecule has 1 aromatic heterocycles.